The molecule has 0 aliphatic heterocycles. The highest BCUT2D eigenvalue weighted by atomic mass is 19.1. The summed E-state index contributed by atoms with van der Waals surface area (Å²) in [5.74, 6) is -2.45. The van der Waals surface area contributed by atoms with Crippen LogP contribution in [0.3, 0.4) is 0 Å². The molecule has 0 amide bonds. The summed E-state index contributed by atoms with van der Waals surface area (Å²) in [6.07, 6.45) is 1.60. The number of fused-ring (bicyclic) bond motifs is 6. The average molecular weight is 1070 g/mol. The van der Waals surface area contributed by atoms with E-state index in [1.807, 2.05) is 91.0 Å². The maximum Gasteiger partial charge on any atom is 0.275 e. The molecule has 0 spiro atoms. The van der Waals surface area contributed by atoms with Gasteiger partial charge in [0.15, 0.2) is 0 Å². The number of phenols is 2. The molecule has 0 bridgehead atoms. The van der Waals surface area contributed by atoms with Gasteiger partial charge in [-0.3, -0.25) is 0 Å². The quantitative estimate of drug-likeness (QED) is 0.113. The van der Waals surface area contributed by atoms with Gasteiger partial charge in [0, 0.05) is 56.3 Å². The lowest BCUT2D eigenvalue weighted by Crippen LogP contribution is -2.36. The van der Waals surface area contributed by atoms with Gasteiger partial charge in [-0.05, 0) is 131 Å². The molecule has 8 heteroatoms. The fourth-order valence-electron chi connectivity index (χ4n) is 12.9. The number of phenolic OH excluding ortho intramolecular Hbond substituents is 2. The SMILES string of the molecule is CC(C)(C)CC(C)(C)c1cc(-c2cc(F)ccc2OC(C)(Oc2ccc(F)cc2-c2cc(C(C)(C)CC(C)(C)C)cc(-n3c4ccccc4c4ccccc43)c2O)c2ccccc2)c(O)c(-n2c3ccccc3c3ccccc32)c1. The molecule has 11 aromatic rings. The van der Waals surface area contributed by atoms with Crippen molar-refractivity contribution in [2.24, 2.45) is 10.8 Å². The van der Waals surface area contributed by atoms with Crippen molar-refractivity contribution >= 4 is 43.6 Å². The summed E-state index contributed by atoms with van der Waals surface area (Å²) in [6, 6.07) is 58.7. The minimum atomic E-state index is -1.71. The van der Waals surface area contributed by atoms with Crippen LogP contribution in [0, 0.1) is 22.5 Å². The Morgan fingerprint density at radius 2 is 0.688 bits per heavy atom. The summed E-state index contributed by atoms with van der Waals surface area (Å²) in [5.41, 5.74) is 7.55. The Morgan fingerprint density at radius 3 is 1.02 bits per heavy atom. The Morgan fingerprint density at radius 1 is 0.362 bits per heavy atom. The summed E-state index contributed by atoms with van der Waals surface area (Å²) >= 11 is 0. The minimum absolute atomic E-state index is 0.0609. The van der Waals surface area contributed by atoms with Crippen molar-refractivity contribution in [3.8, 4) is 56.6 Å². The molecule has 2 N–H and O–H groups in total. The molecule has 6 nitrogen and oxygen atoms in total. The third kappa shape index (κ3) is 9.94. The molecule has 0 atom stereocenters. The van der Waals surface area contributed by atoms with Gasteiger partial charge < -0.3 is 28.8 Å². The van der Waals surface area contributed by atoms with Crippen LogP contribution in [0.5, 0.6) is 23.0 Å². The number of hydrogen-bond donors (Lipinski definition) is 2. The first-order valence-electron chi connectivity index (χ1n) is 27.7. The van der Waals surface area contributed by atoms with Crippen LogP contribution in [0.25, 0.3) is 77.2 Å². The predicted molar refractivity (Wildman–Crippen MR) is 325 cm³/mol. The zero-order valence-electron chi connectivity index (χ0n) is 47.7. The largest absolute Gasteiger partial charge is 0.505 e. The molecule has 406 valence electrons. The number of ether oxygens (including phenoxy) is 2. The lowest BCUT2D eigenvalue weighted by Gasteiger charge is -2.35. The maximum atomic E-state index is 16.2. The third-order valence-electron chi connectivity index (χ3n) is 15.7. The Hall–Kier alpha value is -8.36. The van der Waals surface area contributed by atoms with Crippen LogP contribution in [-0.2, 0) is 16.6 Å². The van der Waals surface area contributed by atoms with Gasteiger partial charge in [0.25, 0.3) is 5.79 Å². The second kappa shape index (κ2) is 19.8. The molecule has 0 saturated heterocycles. The Kier molecular flexibility index (Phi) is 13.3. The first-order valence-corrected chi connectivity index (χ1v) is 27.7. The highest BCUT2D eigenvalue weighted by molar-refractivity contribution is 6.10. The molecular formula is C72H70F2N2O4. The van der Waals surface area contributed by atoms with Crippen LogP contribution in [0.15, 0.2) is 188 Å². The van der Waals surface area contributed by atoms with Crippen molar-refractivity contribution in [3.63, 3.8) is 0 Å². The van der Waals surface area contributed by atoms with Gasteiger partial charge in [0.05, 0.1) is 33.4 Å². The summed E-state index contributed by atoms with van der Waals surface area (Å²) in [4.78, 5) is 0. The van der Waals surface area contributed by atoms with Crippen LogP contribution in [0.2, 0.25) is 0 Å². The number of aromatic hydroxyl groups is 2. The molecule has 80 heavy (non-hydrogen) atoms. The second-order valence-electron chi connectivity index (χ2n) is 25.6. The fourth-order valence-corrected chi connectivity index (χ4v) is 12.9. The van der Waals surface area contributed by atoms with E-state index in [1.54, 1.807) is 19.1 Å². The molecule has 0 saturated carbocycles. The molecule has 9 aromatic carbocycles. The minimum Gasteiger partial charge on any atom is -0.505 e. The van der Waals surface area contributed by atoms with Gasteiger partial charge in [-0.25, -0.2) is 8.78 Å². The van der Waals surface area contributed by atoms with Gasteiger partial charge in [-0.1, -0.05) is 172 Å². The third-order valence-corrected chi connectivity index (χ3v) is 15.7. The number of nitrogens with zero attached hydrogens (tertiary/aromatic N) is 2. The van der Waals surface area contributed by atoms with Crippen molar-refractivity contribution in [1.29, 1.82) is 0 Å². The highest BCUT2D eigenvalue weighted by Gasteiger charge is 2.37. The summed E-state index contributed by atoms with van der Waals surface area (Å²) < 4.78 is 51.1. The number of aromatic nitrogens is 2. The van der Waals surface area contributed by atoms with E-state index in [0.29, 0.717) is 39.2 Å². The normalized spacial score (nSPS) is 12.8. The van der Waals surface area contributed by atoms with Gasteiger partial charge in [-0.15, -0.1) is 0 Å². The van der Waals surface area contributed by atoms with Crippen LogP contribution in [0.1, 0.15) is 106 Å². The Balaban J connectivity index is 1.11. The molecule has 2 aromatic heterocycles. The molecule has 2 heterocycles. The zero-order chi connectivity index (χ0) is 56.7. The van der Waals surface area contributed by atoms with Crippen molar-refractivity contribution in [3.05, 3.63) is 216 Å². The van der Waals surface area contributed by atoms with Crippen LogP contribution in [-0.4, -0.2) is 19.3 Å². The Labute approximate surface area is 468 Å². The van der Waals surface area contributed by atoms with E-state index in [2.05, 4.69) is 139 Å². The molecular weight excluding hydrogens is 995 g/mol. The predicted octanol–water partition coefficient (Wildman–Crippen LogP) is 19.7. The van der Waals surface area contributed by atoms with Gasteiger partial charge in [0.1, 0.15) is 34.6 Å². The van der Waals surface area contributed by atoms with Crippen molar-refractivity contribution in [2.75, 3.05) is 0 Å². The van der Waals surface area contributed by atoms with Crippen LogP contribution in [0.4, 0.5) is 8.78 Å². The van der Waals surface area contributed by atoms with E-state index in [9.17, 15) is 10.2 Å². The fraction of sp³-hybridized carbons (Fsp3) is 0.250. The first-order chi connectivity index (χ1) is 37.9. The summed E-state index contributed by atoms with van der Waals surface area (Å²) in [7, 11) is 0. The standard InChI is InChI=1S/C72H70F2N2O4/c1-68(2,3)43-70(7,8)46-37-56(66(77)62(39-46)75-58-29-19-15-25-50(58)51-26-16-20-30-59(51)75)54-41-48(73)33-35-64(54)79-72(11,45-23-13-12-14-24-45)80-65-36-34-49(74)42-55(65)57-38-47(71(9,10)44-69(4,5)6)40-63(67(57)78)76-60-31-21-17-27-52(60)53-28-18-22-32-61(53)76/h12-42,77-78H,43-44H2,1-11H3. The van der Waals surface area contributed by atoms with E-state index in [-0.39, 0.29) is 33.8 Å². The lowest BCUT2D eigenvalue weighted by molar-refractivity contribution is -0.104. The van der Waals surface area contributed by atoms with Gasteiger partial charge in [0.2, 0.25) is 0 Å². The lowest BCUT2D eigenvalue weighted by atomic mass is 9.71. The zero-order valence-corrected chi connectivity index (χ0v) is 47.7. The van der Waals surface area contributed by atoms with E-state index < -0.39 is 28.3 Å². The van der Waals surface area contributed by atoms with E-state index in [1.165, 1.54) is 24.3 Å². The van der Waals surface area contributed by atoms with Crippen molar-refractivity contribution < 1.29 is 28.5 Å². The number of halogens is 2. The molecule has 11 rings (SSSR count). The average Bonchev–Trinajstić information content (AvgIpc) is 4.08. The maximum absolute atomic E-state index is 16.2. The molecule has 0 fully saturated rings. The van der Waals surface area contributed by atoms with Crippen LogP contribution < -0.4 is 9.47 Å². The highest BCUT2D eigenvalue weighted by Crippen LogP contribution is 2.51. The first kappa shape index (κ1) is 53.6. The number of benzene rings is 9. The number of para-hydroxylation sites is 4. The molecule has 0 unspecified atom stereocenters. The molecule has 0 aliphatic rings. The monoisotopic (exact) mass is 1060 g/mol. The number of rotatable bonds is 13. The smallest absolute Gasteiger partial charge is 0.275 e. The van der Waals surface area contributed by atoms with Gasteiger partial charge >= 0.3 is 0 Å². The van der Waals surface area contributed by atoms with E-state index in [0.717, 1.165) is 67.6 Å². The van der Waals surface area contributed by atoms with E-state index >= 15 is 8.78 Å². The van der Waals surface area contributed by atoms with Crippen LogP contribution >= 0.6 is 0 Å². The van der Waals surface area contributed by atoms with Gasteiger partial charge in [-0.2, -0.15) is 0 Å². The Bertz CT molecular complexity index is 3820. The number of hydrogen-bond acceptors (Lipinski definition) is 4. The molecule has 0 radical (unpaired) electrons. The summed E-state index contributed by atoms with van der Waals surface area (Å²) in [6.45, 7) is 23.9. The van der Waals surface area contributed by atoms with Crippen molar-refractivity contribution in [2.45, 2.75) is 106 Å². The van der Waals surface area contributed by atoms with E-state index in [4.69, 9.17) is 9.47 Å². The summed E-state index contributed by atoms with van der Waals surface area (Å²) in [5, 5.41) is 30.1. The topological polar surface area (TPSA) is 68.8 Å². The van der Waals surface area contributed by atoms with Crippen molar-refractivity contribution in [1.82, 2.24) is 9.13 Å². The molecule has 0 aliphatic carbocycles. The second-order valence-corrected chi connectivity index (χ2v) is 25.6.